The van der Waals surface area contributed by atoms with E-state index in [1.807, 2.05) is 18.2 Å². The van der Waals surface area contributed by atoms with E-state index in [1.165, 1.54) is 50.4 Å². The Kier molecular flexibility index (Phi) is 6.41. The highest BCUT2D eigenvalue weighted by Gasteiger charge is 2.14. The molecule has 4 rings (SSSR count). The van der Waals surface area contributed by atoms with E-state index in [-0.39, 0.29) is 0 Å². The molecule has 0 bridgehead atoms. The molecule has 2 heterocycles. The number of rotatable bonds is 8. The first-order valence-corrected chi connectivity index (χ1v) is 10.7. The molecule has 148 valence electrons. The van der Waals surface area contributed by atoms with Crippen molar-refractivity contribution in [3.8, 4) is 0 Å². The molecule has 7 nitrogen and oxygen atoms in total. The van der Waals surface area contributed by atoms with Gasteiger partial charge in [0.15, 0.2) is 0 Å². The predicted molar refractivity (Wildman–Crippen MR) is 111 cm³/mol. The molecule has 2 aromatic heterocycles. The fourth-order valence-corrected chi connectivity index (χ4v) is 3.92. The quantitative estimate of drug-likeness (QED) is 0.558. The number of benzene rings is 1. The maximum absolute atomic E-state index is 5.97. The second-order valence-electron chi connectivity index (χ2n) is 7.24. The lowest BCUT2D eigenvalue weighted by molar-refractivity contribution is 0.0721. The summed E-state index contributed by atoms with van der Waals surface area (Å²) in [5.74, 6) is 2.13. The number of nitrogens with two attached hydrogens (primary N) is 1. The van der Waals surface area contributed by atoms with Crippen LogP contribution in [-0.2, 0) is 17.9 Å². The number of hydrogen-bond acceptors (Lipinski definition) is 7. The third-order valence-electron chi connectivity index (χ3n) is 5.17. The van der Waals surface area contributed by atoms with Gasteiger partial charge in [0, 0.05) is 24.1 Å². The summed E-state index contributed by atoms with van der Waals surface area (Å²) in [6.07, 6.45) is 8.11. The van der Waals surface area contributed by atoms with Crippen molar-refractivity contribution in [1.29, 1.82) is 0 Å². The summed E-state index contributed by atoms with van der Waals surface area (Å²) in [6.45, 7) is 1.99. The maximum Gasteiger partial charge on any atom is 0.254 e. The van der Waals surface area contributed by atoms with Crippen LogP contribution in [0.2, 0.25) is 0 Å². The van der Waals surface area contributed by atoms with Gasteiger partial charge in [0.25, 0.3) is 5.78 Å². The molecule has 1 aliphatic rings. The summed E-state index contributed by atoms with van der Waals surface area (Å²) >= 11 is 1.25. The molecule has 1 fully saturated rings. The summed E-state index contributed by atoms with van der Waals surface area (Å²) in [5.41, 5.74) is 2.03. The first-order valence-electron chi connectivity index (χ1n) is 9.79. The Labute approximate surface area is 169 Å². The maximum atomic E-state index is 5.97. The molecule has 0 unspecified atom stereocenters. The molecule has 3 aromatic rings. The average molecular weight is 399 g/mol. The van der Waals surface area contributed by atoms with Crippen LogP contribution in [0.25, 0.3) is 5.78 Å². The number of aromatic nitrogens is 4. The lowest BCUT2D eigenvalue weighted by atomic mass is 9.90. The van der Waals surface area contributed by atoms with Gasteiger partial charge in [-0.15, -0.1) is 0 Å². The lowest BCUT2D eigenvalue weighted by Crippen LogP contribution is -2.14. The van der Waals surface area contributed by atoms with Crippen molar-refractivity contribution in [2.45, 2.75) is 50.2 Å². The monoisotopic (exact) mass is 398 g/mol. The van der Waals surface area contributed by atoms with Gasteiger partial charge in [0.2, 0.25) is 0 Å². The van der Waals surface area contributed by atoms with Crippen molar-refractivity contribution in [2.75, 3.05) is 11.9 Å². The van der Waals surface area contributed by atoms with E-state index in [0.717, 1.165) is 28.6 Å². The third-order valence-corrected chi connectivity index (χ3v) is 5.71. The van der Waals surface area contributed by atoms with Crippen molar-refractivity contribution < 1.29 is 4.74 Å². The third kappa shape index (κ3) is 4.81. The van der Waals surface area contributed by atoms with Crippen molar-refractivity contribution in [3.05, 3.63) is 47.9 Å². The van der Waals surface area contributed by atoms with E-state index in [9.17, 15) is 0 Å². The van der Waals surface area contributed by atoms with Crippen LogP contribution in [-0.4, -0.2) is 26.2 Å². The molecule has 3 N–H and O–H groups in total. The first kappa shape index (κ1) is 19.2. The van der Waals surface area contributed by atoms with Gasteiger partial charge in [-0.25, -0.2) is 4.98 Å². The van der Waals surface area contributed by atoms with Crippen molar-refractivity contribution in [2.24, 2.45) is 11.1 Å². The zero-order valence-corrected chi connectivity index (χ0v) is 16.7. The Bertz CT molecular complexity index is 891. The van der Waals surface area contributed by atoms with E-state index >= 15 is 0 Å². The van der Waals surface area contributed by atoms with E-state index in [4.69, 9.17) is 9.88 Å². The smallest absolute Gasteiger partial charge is 0.254 e. The van der Waals surface area contributed by atoms with Gasteiger partial charge >= 0.3 is 0 Å². The SMILES string of the molecule is NSc1ccc(CNc2cc(COCC3CCCCC3)nc3ncnn23)cc1. The minimum Gasteiger partial charge on any atom is -0.375 e. The van der Waals surface area contributed by atoms with Gasteiger partial charge in [-0.3, -0.25) is 5.14 Å². The summed E-state index contributed by atoms with van der Waals surface area (Å²) in [6, 6.07) is 10.2. The van der Waals surface area contributed by atoms with E-state index in [1.54, 1.807) is 4.52 Å². The number of fused-ring (bicyclic) bond motifs is 1. The van der Waals surface area contributed by atoms with Crippen molar-refractivity contribution >= 4 is 23.5 Å². The zero-order valence-electron chi connectivity index (χ0n) is 15.9. The molecule has 28 heavy (non-hydrogen) atoms. The molecule has 0 saturated heterocycles. The van der Waals surface area contributed by atoms with Crippen LogP contribution in [0.1, 0.15) is 43.4 Å². The summed E-state index contributed by atoms with van der Waals surface area (Å²) in [5, 5.41) is 13.3. The number of nitrogens with one attached hydrogen (secondary N) is 1. The Morgan fingerprint density at radius 2 is 2.00 bits per heavy atom. The fourth-order valence-electron chi connectivity index (χ4n) is 3.62. The van der Waals surface area contributed by atoms with Gasteiger partial charge in [-0.1, -0.05) is 31.4 Å². The highest BCUT2D eigenvalue weighted by Crippen LogP contribution is 2.24. The van der Waals surface area contributed by atoms with E-state index < -0.39 is 0 Å². The molecular weight excluding hydrogens is 372 g/mol. The molecule has 1 aromatic carbocycles. The number of ether oxygens (including phenoxy) is 1. The van der Waals surface area contributed by atoms with Gasteiger partial charge in [-0.2, -0.15) is 14.6 Å². The molecule has 0 aliphatic heterocycles. The van der Waals surface area contributed by atoms with Crippen LogP contribution in [0.5, 0.6) is 0 Å². The normalized spacial score (nSPS) is 15.2. The summed E-state index contributed by atoms with van der Waals surface area (Å²) in [7, 11) is 0. The van der Waals surface area contributed by atoms with Crippen molar-refractivity contribution in [3.63, 3.8) is 0 Å². The molecule has 0 radical (unpaired) electrons. The van der Waals surface area contributed by atoms with Crippen molar-refractivity contribution in [1.82, 2.24) is 19.6 Å². The van der Waals surface area contributed by atoms with E-state index in [0.29, 0.717) is 24.8 Å². The average Bonchev–Trinajstić information content (AvgIpc) is 3.22. The minimum absolute atomic E-state index is 0.497. The summed E-state index contributed by atoms with van der Waals surface area (Å²) in [4.78, 5) is 9.85. The van der Waals surface area contributed by atoms with Crippen LogP contribution in [0.3, 0.4) is 0 Å². The molecule has 0 amide bonds. The Balaban J connectivity index is 1.40. The van der Waals surface area contributed by atoms with Crippen LogP contribution in [0.15, 0.2) is 41.6 Å². The van der Waals surface area contributed by atoms with Gasteiger partial charge in [-0.05, 0) is 48.4 Å². The highest BCUT2D eigenvalue weighted by molar-refractivity contribution is 7.97. The Hall–Kier alpha value is -2.16. The molecule has 1 aliphatic carbocycles. The summed E-state index contributed by atoms with van der Waals surface area (Å²) < 4.78 is 7.68. The van der Waals surface area contributed by atoms with Gasteiger partial charge in [0.05, 0.1) is 12.3 Å². The van der Waals surface area contributed by atoms with Gasteiger partial charge in [0.1, 0.15) is 12.1 Å². The largest absolute Gasteiger partial charge is 0.375 e. The predicted octanol–water partition coefficient (Wildman–Crippen LogP) is 3.80. The fraction of sp³-hybridized carbons (Fsp3) is 0.450. The molecule has 0 atom stereocenters. The second kappa shape index (κ2) is 9.36. The standard InChI is InChI=1S/C20H26N6OS/c21-28-18-8-6-15(7-9-18)11-22-19-10-17(25-20-23-14-24-26(19)20)13-27-12-16-4-2-1-3-5-16/h6-10,14,16,22H,1-5,11-13,21H2. The van der Waals surface area contributed by atoms with Crippen LogP contribution in [0, 0.1) is 5.92 Å². The molecule has 8 heteroatoms. The number of anilines is 1. The van der Waals surface area contributed by atoms with Gasteiger partial charge < -0.3 is 10.1 Å². The number of hydrogen-bond donors (Lipinski definition) is 2. The Morgan fingerprint density at radius 1 is 1.18 bits per heavy atom. The van der Waals surface area contributed by atoms with Crippen LogP contribution < -0.4 is 10.5 Å². The number of nitrogens with zero attached hydrogens (tertiary/aromatic N) is 4. The molecular formula is C20H26N6OS. The van der Waals surface area contributed by atoms with E-state index in [2.05, 4.69) is 32.5 Å². The second-order valence-corrected chi connectivity index (χ2v) is 7.95. The first-order chi connectivity index (χ1) is 13.8. The topological polar surface area (TPSA) is 90.4 Å². The lowest BCUT2D eigenvalue weighted by Gasteiger charge is -2.21. The minimum atomic E-state index is 0.497. The van der Waals surface area contributed by atoms with Crippen LogP contribution >= 0.6 is 11.9 Å². The Morgan fingerprint density at radius 3 is 2.79 bits per heavy atom. The molecule has 1 saturated carbocycles. The molecule has 0 spiro atoms. The van der Waals surface area contributed by atoms with Crippen LogP contribution in [0.4, 0.5) is 5.82 Å². The zero-order chi connectivity index (χ0) is 19.2. The highest BCUT2D eigenvalue weighted by atomic mass is 32.2.